The molecule has 0 spiro atoms. The van der Waals surface area contributed by atoms with E-state index >= 15 is 0 Å². The van der Waals surface area contributed by atoms with Crippen LogP contribution in [0.15, 0.2) is 72.8 Å². The average Bonchev–Trinajstić information content (AvgIpc) is 3.97. The molecule has 1 N–H and O–H groups in total. The Balaban J connectivity index is 0.865. The van der Waals surface area contributed by atoms with Crippen molar-refractivity contribution in [3.8, 4) is 5.75 Å². The van der Waals surface area contributed by atoms with E-state index in [0.717, 1.165) is 95.4 Å². The van der Waals surface area contributed by atoms with Crippen LogP contribution in [-0.4, -0.2) is 78.1 Å². The van der Waals surface area contributed by atoms with E-state index < -0.39 is 11.9 Å². The van der Waals surface area contributed by atoms with Crippen molar-refractivity contribution < 1.29 is 33.8 Å². The number of ether oxygens (including phenoxy) is 2. The number of benzene rings is 4. The number of aryl methyl sites for hydroxylation is 1. The summed E-state index contributed by atoms with van der Waals surface area (Å²) in [6.07, 6.45) is 8.63. The van der Waals surface area contributed by atoms with E-state index in [2.05, 4.69) is 84.5 Å². The predicted octanol–water partition coefficient (Wildman–Crippen LogP) is 10.6. The first-order valence-electron chi connectivity index (χ1n) is 25.6. The molecule has 0 unspecified atom stereocenters. The molecular weight excluding hydrogens is 881 g/mol. The van der Waals surface area contributed by atoms with E-state index in [9.17, 15) is 24.3 Å². The van der Waals surface area contributed by atoms with Gasteiger partial charge in [-0.1, -0.05) is 55.0 Å². The lowest BCUT2D eigenvalue weighted by Gasteiger charge is -2.29. The Morgan fingerprint density at radius 1 is 0.714 bits per heavy atom. The molecule has 4 heterocycles. The Hall–Kier alpha value is -6.50. The molecule has 10 rings (SSSR count). The molecule has 2 aliphatic heterocycles. The molecule has 2 aromatic heterocycles. The smallest absolute Gasteiger partial charge is 0.409 e. The molecule has 6 aromatic rings. The zero-order valence-electron chi connectivity index (χ0n) is 41.3. The van der Waals surface area contributed by atoms with Gasteiger partial charge in [-0.25, -0.2) is 14.8 Å². The van der Waals surface area contributed by atoms with Gasteiger partial charge in [-0.2, -0.15) is 0 Å². The number of fused-ring (bicyclic) bond motifs is 6. The summed E-state index contributed by atoms with van der Waals surface area (Å²) in [5.74, 6) is 1.10. The number of aliphatic carboxylic acids is 1. The van der Waals surface area contributed by atoms with Gasteiger partial charge < -0.3 is 33.5 Å². The number of nitrogens with zero attached hydrogens (tertiary/aromatic N) is 6. The molecule has 13 heteroatoms. The van der Waals surface area contributed by atoms with Crippen LogP contribution >= 0.6 is 0 Å². The highest BCUT2D eigenvalue weighted by atomic mass is 16.5. The van der Waals surface area contributed by atoms with Gasteiger partial charge in [0, 0.05) is 61.6 Å². The minimum Gasteiger partial charge on any atom is -0.481 e. The SMILES string of the molecule is COC(=O)N1CCc2ccc3c(nc([C@H]4CC[C@H](C(=O)Oc5cccc(C[C@H](C)n6c([C@@H]7CCC[C@@H](C(=O)O)C7)nc7c8c(ccc76)CCN(C(C)=O)C8)c5)CC4)n3[C@H](C)Cc3ccccc3C)c2C1. The van der Waals surface area contributed by atoms with Crippen LogP contribution in [0.5, 0.6) is 5.75 Å². The Labute approximate surface area is 410 Å². The highest BCUT2D eigenvalue weighted by molar-refractivity contribution is 5.84. The lowest BCUT2D eigenvalue weighted by Crippen LogP contribution is -2.35. The van der Waals surface area contributed by atoms with E-state index in [1.54, 1.807) is 11.8 Å². The number of carbonyl (C=O) groups is 4. The number of aromatic nitrogens is 4. The lowest BCUT2D eigenvalue weighted by molar-refractivity contribution is -0.143. The van der Waals surface area contributed by atoms with E-state index in [4.69, 9.17) is 19.4 Å². The van der Waals surface area contributed by atoms with Crippen LogP contribution in [0, 0.1) is 18.8 Å². The standard InChI is InChI=1S/C57H66N6O7/c1-34-10-6-7-12-43(34)29-36(3)63-50-23-21-40-25-27-61(57(68)69-5)33-48(40)52(50)58-53(63)41-16-18-42(19-17-41)56(67)70-46-15-8-11-38(30-46)28-35(2)62-49-22-20-39-24-26-60(37(4)64)32-47(39)51(49)59-54(62)44-13-9-14-45(31-44)55(65)66/h6-8,10-12,15,20-23,30,35-36,41-42,44-45H,9,13-14,16-19,24-29,31-33H2,1-5H3,(H,65,66)/t35-,36+,41-,42-,44+,45+/m0/s1. The fraction of sp³-hybridized carbons (Fsp3) is 0.474. The van der Waals surface area contributed by atoms with Crippen molar-refractivity contribution in [2.24, 2.45) is 11.8 Å². The molecular formula is C57H66N6O7. The van der Waals surface area contributed by atoms with Gasteiger partial charge >= 0.3 is 18.0 Å². The summed E-state index contributed by atoms with van der Waals surface area (Å²) in [6, 6.07) is 25.2. The van der Waals surface area contributed by atoms with Crippen molar-refractivity contribution in [1.82, 2.24) is 28.9 Å². The highest BCUT2D eigenvalue weighted by Gasteiger charge is 2.36. The van der Waals surface area contributed by atoms with Crippen LogP contribution in [0.2, 0.25) is 0 Å². The summed E-state index contributed by atoms with van der Waals surface area (Å²) in [7, 11) is 1.43. The van der Waals surface area contributed by atoms with E-state index in [0.29, 0.717) is 64.0 Å². The number of hydrogen-bond donors (Lipinski definition) is 1. The van der Waals surface area contributed by atoms with Gasteiger partial charge in [0.25, 0.3) is 0 Å². The van der Waals surface area contributed by atoms with Crippen LogP contribution in [0.25, 0.3) is 22.1 Å². The van der Waals surface area contributed by atoms with Crippen molar-refractivity contribution in [2.45, 2.75) is 142 Å². The van der Waals surface area contributed by atoms with Gasteiger partial charge in [0.2, 0.25) is 5.91 Å². The molecule has 2 fully saturated rings. The monoisotopic (exact) mass is 946 g/mol. The summed E-state index contributed by atoms with van der Waals surface area (Å²) in [4.78, 5) is 65.9. The van der Waals surface area contributed by atoms with Gasteiger partial charge in [-0.3, -0.25) is 14.4 Å². The van der Waals surface area contributed by atoms with Crippen LogP contribution in [0.1, 0.15) is 147 Å². The second-order valence-corrected chi connectivity index (χ2v) is 20.7. The molecule has 2 amide bonds. The van der Waals surface area contributed by atoms with Crippen molar-refractivity contribution in [3.05, 3.63) is 123 Å². The van der Waals surface area contributed by atoms with Crippen molar-refractivity contribution in [2.75, 3.05) is 20.2 Å². The largest absolute Gasteiger partial charge is 0.481 e. The number of carbonyl (C=O) groups excluding carboxylic acids is 3. The van der Waals surface area contributed by atoms with Crippen molar-refractivity contribution in [3.63, 3.8) is 0 Å². The third-order valence-corrected chi connectivity index (χ3v) is 16.2. The van der Waals surface area contributed by atoms with Gasteiger partial charge in [0.15, 0.2) is 0 Å². The fourth-order valence-electron chi connectivity index (χ4n) is 12.3. The Bertz CT molecular complexity index is 2980. The number of esters is 1. The van der Waals surface area contributed by atoms with Gasteiger partial charge in [0.05, 0.1) is 47.6 Å². The first-order chi connectivity index (χ1) is 33.8. The quantitative estimate of drug-likeness (QED) is 0.0989. The van der Waals surface area contributed by atoms with Gasteiger partial charge in [-0.05, 0) is 143 Å². The molecule has 4 atom stereocenters. The maximum atomic E-state index is 14.0. The average molecular weight is 947 g/mol. The fourth-order valence-corrected chi connectivity index (χ4v) is 12.3. The van der Waals surface area contributed by atoms with Crippen LogP contribution in [0.3, 0.4) is 0 Å². The summed E-state index contributed by atoms with van der Waals surface area (Å²) in [5.41, 5.74) is 12.1. The number of carboxylic acids is 1. The van der Waals surface area contributed by atoms with E-state index in [1.165, 1.54) is 29.4 Å². The first-order valence-corrected chi connectivity index (χ1v) is 25.6. The Kier molecular flexibility index (Phi) is 13.3. The van der Waals surface area contributed by atoms with Crippen molar-refractivity contribution in [1.29, 1.82) is 0 Å². The number of hydrogen-bond acceptors (Lipinski definition) is 8. The van der Waals surface area contributed by atoms with Crippen LogP contribution in [-0.2, 0) is 57.9 Å². The molecule has 0 saturated heterocycles. The molecule has 4 aromatic carbocycles. The molecule has 13 nitrogen and oxygen atoms in total. The lowest BCUT2D eigenvalue weighted by atomic mass is 9.81. The first kappa shape index (κ1) is 47.2. The number of carboxylic acid groups (broad SMARTS) is 1. The second-order valence-electron chi connectivity index (χ2n) is 20.7. The van der Waals surface area contributed by atoms with E-state index in [-0.39, 0.29) is 47.8 Å². The number of methoxy groups -OCH3 is 1. The van der Waals surface area contributed by atoms with Crippen LogP contribution < -0.4 is 4.74 Å². The summed E-state index contributed by atoms with van der Waals surface area (Å²) < 4.78 is 16.1. The predicted molar refractivity (Wildman–Crippen MR) is 268 cm³/mol. The highest BCUT2D eigenvalue weighted by Crippen LogP contribution is 2.43. The Morgan fingerprint density at radius 3 is 1.99 bits per heavy atom. The van der Waals surface area contributed by atoms with Crippen molar-refractivity contribution >= 4 is 46.0 Å². The molecule has 70 heavy (non-hydrogen) atoms. The second kappa shape index (κ2) is 19.7. The zero-order chi connectivity index (χ0) is 48.8. The van der Waals surface area contributed by atoms with Gasteiger partial charge in [0.1, 0.15) is 17.4 Å². The van der Waals surface area contributed by atoms with Crippen LogP contribution in [0.4, 0.5) is 4.79 Å². The minimum absolute atomic E-state index is 0.000572. The molecule has 366 valence electrons. The number of rotatable bonds is 11. The maximum Gasteiger partial charge on any atom is 0.409 e. The molecule has 2 aliphatic carbocycles. The third kappa shape index (κ3) is 9.19. The molecule has 0 bridgehead atoms. The minimum atomic E-state index is -0.747. The maximum absolute atomic E-state index is 14.0. The summed E-state index contributed by atoms with van der Waals surface area (Å²) >= 11 is 0. The summed E-state index contributed by atoms with van der Waals surface area (Å²) in [6.45, 7) is 10.5. The number of imidazole rings is 2. The topological polar surface area (TPSA) is 149 Å². The molecule has 0 radical (unpaired) electrons. The Morgan fingerprint density at radius 2 is 1.34 bits per heavy atom. The zero-order valence-corrected chi connectivity index (χ0v) is 41.3. The van der Waals surface area contributed by atoms with Gasteiger partial charge in [-0.15, -0.1) is 0 Å². The summed E-state index contributed by atoms with van der Waals surface area (Å²) in [5, 5.41) is 10.0. The molecule has 4 aliphatic rings. The molecule has 2 saturated carbocycles. The normalized spacial score (nSPS) is 21.2. The van der Waals surface area contributed by atoms with E-state index in [1.807, 2.05) is 23.1 Å². The third-order valence-electron chi connectivity index (χ3n) is 16.2. The number of amides is 2.